The first-order valence-electron chi connectivity index (χ1n) is 10.9. The third kappa shape index (κ3) is 6.15. The Bertz CT molecular complexity index is 1240. The molecule has 0 aromatic heterocycles. The maximum Gasteiger partial charge on any atom is 0.262 e. The summed E-state index contributed by atoms with van der Waals surface area (Å²) in [6.45, 7) is 3.99. The molecule has 0 fully saturated rings. The van der Waals surface area contributed by atoms with Crippen molar-refractivity contribution in [2.45, 2.75) is 24.8 Å². The SMILES string of the molecule is COc1ccc(C(CNC(=O)c2ccc(C)c(S(=O)(=O)Nc3ccc(C)cc3)c2)N(C)C)cc1. The predicted octanol–water partition coefficient (Wildman–Crippen LogP) is 4.15. The number of amides is 1. The molecule has 0 aliphatic carbocycles. The van der Waals surface area contributed by atoms with Crippen molar-refractivity contribution in [1.82, 2.24) is 10.2 Å². The molecule has 3 aromatic carbocycles. The number of sulfonamides is 1. The summed E-state index contributed by atoms with van der Waals surface area (Å²) < 4.78 is 33.8. The molecule has 2 N–H and O–H groups in total. The largest absolute Gasteiger partial charge is 0.497 e. The molecule has 3 aromatic rings. The summed E-state index contributed by atoms with van der Waals surface area (Å²) >= 11 is 0. The highest BCUT2D eigenvalue weighted by Gasteiger charge is 2.21. The van der Waals surface area contributed by atoms with Gasteiger partial charge in [0, 0.05) is 17.8 Å². The minimum Gasteiger partial charge on any atom is -0.497 e. The van der Waals surface area contributed by atoms with Crippen molar-refractivity contribution in [1.29, 1.82) is 0 Å². The van der Waals surface area contributed by atoms with Gasteiger partial charge < -0.3 is 15.0 Å². The lowest BCUT2D eigenvalue weighted by atomic mass is 10.1. The maximum absolute atomic E-state index is 13.0. The zero-order valence-corrected chi connectivity index (χ0v) is 20.9. The van der Waals surface area contributed by atoms with E-state index >= 15 is 0 Å². The van der Waals surface area contributed by atoms with Gasteiger partial charge in [0.05, 0.1) is 18.0 Å². The lowest BCUT2D eigenvalue weighted by molar-refractivity contribution is 0.0941. The van der Waals surface area contributed by atoms with Gasteiger partial charge in [-0.05, 0) is 75.5 Å². The van der Waals surface area contributed by atoms with Crippen molar-refractivity contribution in [3.63, 3.8) is 0 Å². The Labute approximate surface area is 201 Å². The zero-order chi connectivity index (χ0) is 24.9. The molecular weight excluding hydrogens is 450 g/mol. The molecule has 0 spiro atoms. The third-order valence-electron chi connectivity index (χ3n) is 5.62. The maximum atomic E-state index is 13.0. The van der Waals surface area contributed by atoms with Crippen molar-refractivity contribution in [3.05, 3.63) is 89.0 Å². The number of benzene rings is 3. The van der Waals surface area contributed by atoms with Crippen LogP contribution in [0.5, 0.6) is 5.75 Å². The Morgan fingerprint density at radius 3 is 2.21 bits per heavy atom. The van der Waals surface area contributed by atoms with E-state index in [0.29, 0.717) is 17.8 Å². The summed E-state index contributed by atoms with van der Waals surface area (Å²) in [4.78, 5) is 15.0. The Kier molecular flexibility index (Phi) is 7.96. The zero-order valence-electron chi connectivity index (χ0n) is 20.1. The molecule has 8 heteroatoms. The number of rotatable bonds is 9. The van der Waals surface area contributed by atoms with Gasteiger partial charge in [0.25, 0.3) is 15.9 Å². The average Bonchev–Trinajstić information content (AvgIpc) is 2.80. The third-order valence-corrected chi connectivity index (χ3v) is 7.15. The molecule has 0 heterocycles. The first-order chi connectivity index (χ1) is 16.1. The van der Waals surface area contributed by atoms with E-state index in [1.807, 2.05) is 62.3 Å². The molecule has 1 amide bonds. The van der Waals surface area contributed by atoms with Crippen LogP contribution in [0.2, 0.25) is 0 Å². The number of nitrogens with zero attached hydrogens (tertiary/aromatic N) is 1. The van der Waals surface area contributed by atoms with Gasteiger partial charge in [0.15, 0.2) is 0 Å². The molecule has 3 rings (SSSR count). The summed E-state index contributed by atoms with van der Waals surface area (Å²) in [6.07, 6.45) is 0. The molecule has 0 aliphatic heterocycles. The Balaban J connectivity index is 1.77. The molecule has 34 heavy (non-hydrogen) atoms. The summed E-state index contributed by atoms with van der Waals surface area (Å²) in [5.74, 6) is 0.421. The fourth-order valence-corrected chi connectivity index (χ4v) is 4.91. The number of anilines is 1. The second kappa shape index (κ2) is 10.7. The average molecular weight is 482 g/mol. The molecule has 0 radical (unpaired) electrons. The molecule has 0 saturated carbocycles. The van der Waals surface area contributed by atoms with E-state index in [2.05, 4.69) is 10.0 Å². The van der Waals surface area contributed by atoms with Crippen LogP contribution < -0.4 is 14.8 Å². The van der Waals surface area contributed by atoms with Gasteiger partial charge in [0.1, 0.15) is 5.75 Å². The van der Waals surface area contributed by atoms with Crippen LogP contribution in [-0.4, -0.2) is 47.0 Å². The summed E-state index contributed by atoms with van der Waals surface area (Å²) in [6, 6.07) is 19.4. The number of hydrogen-bond acceptors (Lipinski definition) is 5. The van der Waals surface area contributed by atoms with E-state index in [-0.39, 0.29) is 22.4 Å². The molecule has 1 unspecified atom stereocenters. The number of likely N-dealkylation sites (N-methyl/N-ethyl adjacent to an activating group) is 1. The number of methoxy groups -OCH3 is 1. The molecular formula is C26H31N3O4S. The highest BCUT2D eigenvalue weighted by molar-refractivity contribution is 7.92. The lowest BCUT2D eigenvalue weighted by Gasteiger charge is -2.25. The van der Waals surface area contributed by atoms with Crippen LogP contribution in [0.15, 0.2) is 71.6 Å². The first kappa shape index (κ1) is 25.3. The summed E-state index contributed by atoms with van der Waals surface area (Å²) in [5.41, 5.74) is 3.36. The van der Waals surface area contributed by atoms with Gasteiger partial charge in [-0.25, -0.2) is 8.42 Å². The van der Waals surface area contributed by atoms with Crippen LogP contribution in [0.1, 0.15) is 33.1 Å². The van der Waals surface area contributed by atoms with Crippen LogP contribution >= 0.6 is 0 Å². The van der Waals surface area contributed by atoms with Crippen LogP contribution in [0, 0.1) is 13.8 Å². The van der Waals surface area contributed by atoms with Crippen LogP contribution in [0.4, 0.5) is 5.69 Å². The van der Waals surface area contributed by atoms with E-state index in [9.17, 15) is 13.2 Å². The summed E-state index contributed by atoms with van der Waals surface area (Å²) in [7, 11) is 1.64. The highest BCUT2D eigenvalue weighted by Crippen LogP contribution is 2.23. The summed E-state index contributed by atoms with van der Waals surface area (Å²) in [5, 5.41) is 2.93. The Hall–Kier alpha value is -3.36. The van der Waals surface area contributed by atoms with Gasteiger partial charge >= 0.3 is 0 Å². The van der Waals surface area contributed by atoms with Gasteiger partial charge in [-0.15, -0.1) is 0 Å². The van der Waals surface area contributed by atoms with Gasteiger partial charge in [-0.2, -0.15) is 0 Å². The van der Waals surface area contributed by atoms with Crippen molar-refractivity contribution >= 4 is 21.6 Å². The van der Waals surface area contributed by atoms with E-state index in [4.69, 9.17) is 4.74 Å². The van der Waals surface area contributed by atoms with Gasteiger partial charge in [0.2, 0.25) is 0 Å². The van der Waals surface area contributed by atoms with E-state index in [1.54, 1.807) is 38.3 Å². The van der Waals surface area contributed by atoms with E-state index < -0.39 is 10.0 Å². The molecule has 1 atom stereocenters. The van der Waals surface area contributed by atoms with Crippen molar-refractivity contribution in [2.75, 3.05) is 32.5 Å². The highest BCUT2D eigenvalue weighted by atomic mass is 32.2. The second-order valence-electron chi connectivity index (χ2n) is 8.41. The number of carbonyl (C=O) groups excluding carboxylic acids is 1. The number of hydrogen-bond donors (Lipinski definition) is 2. The van der Waals surface area contributed by atoms with Crippen molar-refractivity contribution in [2.24, 2.45) is 0 Å². The van der Waals surface area contributed by atoms with E-state index in [0.717, 1.165) is 16.9 Å². The predicted molar refractivity (Wildman–Crippen MR) is 135 cm³/mol. The fraction of sp³-hybridized carbons (Fsp3) is 0.269. The van der Waals surface area contributed by atoms with E-state index in [1.165, 1.54) is 6.07 Å². The van der Waals surface area contributed by atoms with Gasteiger partial charge in [-0.3, -0.25) is 9.52 Å². The molecule has 7 nitrogen and oxygen atoms in total. The molecule has 180 valence electrons. The fourth-order valence-electron chi connectivity index (χ4n) is 3.58. The molecule has 0 bridgehead atoms. The number of carbonyl (C=O) groups is 1. The van der Waals surface area contributed by atoms with Crippen LogP contribution in [-0.2, 0) is 10.0 Å². The topological polar surface area (TPSA) is 87.7 Å². The molecule has 0 aliphatic rings. The monoisotopic (exact) mass is 481 g/mol. The number of nitrogens with one attached hydrogen (secondary N) is 2. The Morgan fingerprint density at radius 2 is 1.62 bits per heavy atom. The quantitative estimate of drug-likeness (QED) is 0.480. The minimum absolute atomic E-state index is 0.0632. The van der Waals surface area contributed by atoms with Crippen molar-refractivity contribution < 1.29 is 17.9 Å². The first-order valence-corrected chi connectivity index (χ1v) is 12.4. The smallest absolute Gasteiger partial charge is 0.262 e. The molecule has 0 saturated heterocycles. The minimum atomic E-state index is -3.86. The standard InChI is InChI=1S/C26H31N3O4S/c1-18-6-12-22(13-7-18)28-34(31,32)25-16-21(9-8-19(25)2)26(30)27-17-24(29(3)4)20-10-14-23(33-5)15-11-20/h6-16,24,28H,17H2,1-5H3,(H,27,30). The second-order valence-corrected chi connectivity index (χ2v) is 10.1. The van der Waals surface area contributed by atoms with Crippen molar-refractivity contribution in [3.8, 4) is 5.75 Å². The van der Waals surface area contributed by atoms with Crippen LogP contribution in [0.25, 0.3) is 0 Å². The number of aryl methyl sites for hydroxylation is 2. The van der Waals surface area contributed by atoms with Crippen LogP contribution in [0.3, 0.4) is 0 Å². The lowest BCUT2D eigenvalue weighted by Crippen LogP contribution is -2.34. The van der Waals surface area contributed by atoms with Gasteiger partial charge in [-0.1, -0.05) is 35.9 Å². The normalized spacial score (nSPS) is 12.3. The Morgan fingerprint density at radius 1 is 0.971 bits per heavy atom. The number of ether oxygens (including phenoxy) is 1.